The van der Waals surface area contributed by atoms with Gasteiger partial charge in [0, 0.05) is 24.3 Å². The number of carboxylic acid groups (broad SMARTS) is 1. The number of nitrogens with one attached hydrogen (secondary N) is 2. The van der Waals surface area contributed by atoms with Crippen molar-refractivity contribution in [2.75, 3.05) is 10.2 Å². The number of amides is 2. The molecule has 1 aliphatic heterocycles. The van der Waals surface area contributed by atoms with Gasteiger partial charge in [-0.25, -0.2) is 0 Å². The summed E-state index contributed by atoms with van der Waals surface area (Å²) < 4.78 is 0. The zero-order valence-corrected chi connectivity index (χ0v) is 30.2. The molecule has 1 unspecified atom stereocenters. The van der Waals surface area contributed by atoms with Gasteiger partial charge in [0.1, 0.15) is 6.04 Å². The van der Waals surface area contributed by atoms with Crippen LogP contribution in [0, 0.1) is 10.4 Å². The number of benzene rings is 5. The lowest BCUT2D eigenvalue weighted by Gasteiger charge is -2.25. The lowest BCUT2D eigenvalue weighted by molar-refractivity contribution is -0.138. The number of carbonyl (C=O) groups excluding carboxylic acids is 2. The number of para-hydroxylation sites is 2. The summed E-state index contributed by atoms with van der Waals surface area (Å²) in [4.78, 5) is 38.5. The first-order valence-electron chi connectivity index (χ1n) is 18.4. The minimum Gasteiger partial charge on any atom is -0.481 e. The number of nitrogens with two attached hydrogens (primary N) is 1. The predicted octanol–water partition coefficient (Wildman–Crippen LogP) is 5.95. The van der Waals surface area contributed by atoms with Crippen LogP contribution in [0.2, 0.25) is 0 Å². The Morgan fingerprint density at radius 2 is 1.65 bits per heavy atom. The van der Waals surface area contributed by atoms with E-state index in [1.54, 1.807) is 11.0 Å². The van der Waals surface area contributed by atoms with E-state index in [0.29, 0.717) is 25.2 Å². The third-order valence-corrected chi connectivity index (χ3v) is 10.4. The van der Waals surface area contributed by atoms with Gasteiger partial charge in [-0.05, 0) is 104 Å². The quantitative estimate of drug-likeness (QED) is 0.158. The standard InChI is InChI=1S/C27H26N2O.C19H18N2O3/c28-16-18-5-7-19(8-6-18)17-29-27(30)22-11-12-24-21(15-22)10-14-25-23-4-2-1-3-20(23)9-13-26(24)25;1-2-13-7-4-6-10-17(13)21-12-14-8-3-5-9-15(14)20-16(19(21)24)11-18(22)23/h3,5-13,15H,1-2,4,14,16-17,28H2,(H,29,30);2-10,16,20H,1,11-12H2,(H,22,23). The van der Waals surface area contributed by atoms with Crippen molar-refractivity contribution in [2.24, 2.45) is 5.73 Å². The van der Waals surface area contributed by atoms with Crippen molar-refractivity contribution in [3.8, 4) is 0 Å². The van der Waals surface area contributed by atoms with E-state index in [1.165, 1.54) is 46.0 Å². The molecular weight excluding hydrogens is 673 g/mol. The molecular formula is C46H44N4O4. The molecule has 272 valence electrons. The molecule has 0 radical (unpaired) electrons. The third-order valence-electron chi connectivity index (χ3n) is 10.4. The van der Waals surface area contributed by atoms with Crippen molar-refractivity contribution in [2.45, 2.75) is 57.8 Å². The van der Waals surface area contributed by atoms with Crippen molar-refractivity contribution in [1.82, 2.24) is 5.32 Å². The van der Waals surface area contributed by atoms with Gasteiger partial charge >= 0.3 is 5.97 Å². The van der Waals surface area contributed by atoms with E-state index in [2.05, 4.69) is 47.6 Å². The van der Waals surface area contributed by atoms with Crippen molar-refractivity contribution >= 4 is 47.4 Å². The minimum atomic E-state index is -1.02. The maximum atomic E-state index is 13.0. The van der Waals surface area contributed by atoms with E-state index in [4.69, 9.17) is 10.8 Å². The highest BCUT2D eigenvalue weighted by molar-refractivity contribution is 6.03. The normalized spacial score (nSPS) is 15.2. The van der Waals surface area contributed by atoms with Gasteiger partial charge in [0.15, 0.2) is 0 Å². The van der Waals surface area contributed by atoms with Crippen LogP contribution in [0.4, 0.5) is 11.4 Å². The highest BCUT2D eigenvalue weighted by atomic mass is 16.4. The van der Waals surface area contributed by atoms with E-state index in [1.807, 2.05) is 84.9 Å². The summed E-state index contributed by atoms with van der Waals surface area (Å²) in [5.41, 5.74) is 14.8. The van der Waals surface area contributed by atoms with Gasteiger partial charge in [0.25, 0.3) is 5.91 Å². The van der Waals surface area contributed by atoms with Crippen molar-refractivity contribution in [3.63, 3.8) is 0 Å². The summed E-state index contributed by atoms with van der Waals surface area (Å²) >= 11 is 0. The average molecular weight is 717 g/mol. The minimum absolute atomic E-state index is 0.0417. The number of aliphatic carboxylic acids is 1. The number of fused-ring (bicyclic) bond motifs is 5. The Kier molecular flexibility index (Phi) is 10.8. The summed E-state index contributed by atoms with van der Waals surface area (Å²) in [5.74, 6) is -1.32. The van der Waals surface area contributed by atoms with Crippen LogP contribution in [0.15, 0.2) is 110 Å². The molecule has 3 aliphatic rings. The largest absolute Gasteiger partial charge is 0.481 e. The molecule has 0 bridgehead atoms. The molecule has 5 aromatic rings. The molecule has 8 rings (SSSR count). The molecule has 2 amide bonds. The average Bonchev–Trinajstić information content (AvgIpc) is 3.35. The fourth-order valence-corrected chi connectivity index (χ4v) is 7.53. The second kappa shape index (κ2) is 16.2. The Balaban J connectivity index is 0.000000171. The van der Waals surface area contributed by atoms with Crippen LogP contribution in [-0.2, 0) is 42.1 Å². The molecule has 0 saturated carbocycles. The van der Waals surface area contributed by atoms with E-state index in [-0.39, 0.29) is 18.2 Å². The predicted molar refractivity (Wildman–Crippen MR) is 215 cm³/mol. The Morgan fingerprint density at radius 1 is 0.889 bits per heavy atom. The third kappa shape index (κ3) is 7.75. The Labute approximate surface area is 314 Å². The van der Waals surface area contributed by atoms with Crippen LogP contribution in [0.25, 0.3) is 18.2 Å². The van der Waals surface area contributed by atoms with Crippen LogP contribution in [0.3, 0.4) is 0 Å². The lowest BCUT2D eigenvalue weighted by Crippen LogP contribution is -2.42. The number of hydrogen-bond donors (Lipinski definition) is 4. The first-order chi connectivity index (χ1) is 26.3. The zero-order chi connectivity index (χ0) is 37.6. The first kappa shape index (κ1) is 36.1. The molecule has 0 saturated heterocycles. The molecule has 8 nitrogen and oxygen atoms in total. The summed E-state index contributed by atoms with van der Waals surface area (Å²) in [6.07, 6.45) is 10.6. The Bertz CT molecular complexity index is 2470. The molecule has 1 heterocycles. The molecule has 5 N–H and O–H groups in total. The van der Waals surface area contributed by atoms with Crippen LogP contribution >= 0.6 is 0 Å². The first-order valence-corrected chi connectivity index (χ1v) is 18.4. The van der Waals surface area contributed by atoms with Crippen LogP contribution in [0.1, 0.15) is 63.0 Å². The molecule has 8 heteroatoms. The smallest absolute Gasteiger partial charge is 0.305 e. The van der Waals surface area contributed by atoms with Crippen LogP contribution < -0.4 is 31.7 Å². The van der Waals surface area contributed by atoms with Gasteiger partial charge in [-0.1, -0.05) is 104 Å². The maximum absolute atomic E-state index is 13.0. The number of nitrogens with zero attached hydrogens (tertiary/aromatic N) is 1. The molecule has 1 atom stereocenters. The number of carboxylic acids is 1. The summed E-state index contributed by atoms with van der Waals surface area (Å²) in [6, 6.07) is 32.8. The molecule has 2 aliphatic carbocycles. The van der Waals surface area contributed by atoms with Crippen LogP contribution in [-0.4, -0.2) is 28.9 Å². The molecule has 0 spiro atoms. The SMILES string of the molecule is C=Cc1ccccc1N1Cc2ccccc2NC(CC(=O)O)C1=O.NCc1ccc(CNC(=O)c2ccc3c(c2)=CCc2c4c(ccc2=3)=CCCC4)cc1. The lowest BCUT2D eigenvalue weighted by atomic mass is 9.88. The van der Waals surface area contributed by atoms with Gasteiger partial charge in [0.2, 0.25) is 5.91 Å². The molecule has 54 heavy (non-hydrogen) atoms. The molecule has 0 fully saturated rings. The summed E-state index contributed by atoms with van der Waals surface area (Å²) in [5, 5.41) is 20.4. The summed E-state index contributed by atoms with van der Waals surface area (Å²) in [6.45, 7) is 5.22. The van der Waals surface area contributed by atoms with Gasteiger partial charge in [-0.2, -0.15) is 0 Å². The molecule has 0 aromatic heterocycles. The van der Waals surface area contributed by atoms with Crippen molar-refractivity contribution < 1.29 is 19.5 Å². The second-order valence-corrected chi connectivity index (χ2v) is 13.8. The van der Waals surface area contributed by atoms with Gasteiger partial charge in [-0.3, -0.25) is 14.4 Å². The van der Waals surface area contributed by atoms with E-state index < -0.39 is 12.0 Å². The zero-order valence-electron chi connectivity index (χ0n) is 30.2. The maximum Gasteiger partial charge on any atom is 0.305 e. The van der Waals surface area contributed by atoms with Gasteiger partial charge < -0.3 is 26.4 Å². The highest BCUT2D eigenvalue weighted by Gasteiger charge is 2.32. The second-order valence-electron chi connectivity index (χ2n) is 13.8. The van der Waals surface area contributed by atoms with E-state index in [9.17, 15) is 14.4 Å². The Morgan fingerprint density at radius 3 is 2.44 bits per heavy atom. The van der Waals surface area contributed by atoms with Gasteiger partial charge in [-0.15, -0.1) is 0 Å². The highest BCUT2D eigenvalue weighted by Crippen LogP contribution is 2.30. The number of anilines is 2. The summed E-state index contributed by atoms with van der Waals surface area (Å²) in [7, 11) is 0. The number of hydrogen-bond acceptors (Lipinski definition) is 5. The van der Waals surface area contributed by atoms with Crippen molar-refractivity contribution in [1.29, 1.82) is 0 Å². The number of rotatable bonds is 8. The van der Waals surface area contributed by atoms with E-state index in [0.717, 1.165) is 45.3 Å². The molecule has 5 aromatic carbocycles. The fourth-order valence-electron chi connectivity index (χ4n) is 7.53. The van der Waals surface area contributed by atoms with Crippen LogP contribution in [0.5, 0.6) is 0 Å². The number of carbonyl (C=O) groups is 3. The Hall–Kier alpha value is -6.25. The topological polar surface area (TPSA) is 125 Å². The van der Waals surface area contributed by atoms with Crippen molar-refractivity contribution in [3.05, 3.63) is 170 Å². The monoisotopic (exact) mass is 716 g/mol. The van der Waals surface area contributed by atoms with Gasteiger partial charge in [0.05, 0.1) is 18.7 Å². The van der Waals surface area contributed by atoms with E-state index >= 15 is 0 Å². The fraction of sp³-hybridized carbons (Fsp3) is 0.196.